The molecule has 1 heterocycles. The maximum Gasteiger partial charge on any atom is 0.302 e. The van der Waals surface area contributed by atoms with Gasteiger partial charge < -0.3 is 10.5 Å². The molecule has 5 rings (SSSR count). The molecule has 2 N–H and O–H groups in total. The fourth-order valence-corrected chi connectivity index (χ4v) is 7.50. The Balaban J connectivity index is 1.47. The van der Waals surface area contributed by atoms with Gasteiger partial charge in [0.25, 0.3) is 0 Å². The summed E-state index contributed by atoms with van der Waals surface area (Å²) in [7, 11) is 0. The molecular formula is C25H31N3O2. The number of esters is 1. The van der Waals surface area contributed by atoms with Crippen LogP contribution in [0.4, 0.5) is 5.82 Å². The van der Waals surface area contributed by atoms with E-state index in [1.807, 2.05) is 6.07 Å². The highest BCUT2D eigenvalue weighted by molar-refractivity contribution is 5.66. The van der Waals surface area contributed by atoms with Crippen LogP contribution >= 0.6 is 0 Å². The summed E-state index contributed by atoms with van der Waals surface area (Å²) in [6.45, 7) is 6.34. The van der Waals surface area contributed by atoms with Crippen LogP contribution in [0.25, 0.3) is 0 Å². The topological polar surface area (TPSA) is 89.0 Å². The van der Waals surface area contributed by atoms with E-state index in [2.05, 4.69) is 26.0 Å². The first-order valence-corrected chi connectivity index (χ1v) is 11.3. The molecule has 1 aromatic heterocycles. The Kier molecular flexibility index (Phi) is 4.29. The second-order valence-corrected chi connectivity index (χ2v) is 10.4. The minimum Gasteiger partial charge on any atom is -0.462 e. The second-order valence-electron chi connectivity index (χ2n) is 10.4. The molecule has 0 aliphatic heterocycles. The minimum absolute atomic E-state index is 0.0412. The van der Waals surface area contributed by atoms with Gasteiger partial charge in [-0.2, -0.15) is 5.26 Å². The molecule has 0 aromatic carbocycles. The van der Waals surface area contributed by atoms with E-state index >= 15 is 0 Å². The number of carbonyl (C=O) groups is 1. The Bertz CT molecular complexity index is 993. The monoisotopic (exact) mass is 405 g/mol. The zero-order valence-electron chi connectivity index (χ0n) is 18.2. The van der Waals surface area contributed by atoms with E-state index in [0.717, 1.165) is 44.2 Å². The molecule has 4 aliphatic carbocycles. The Morgan fingerprint density at radius 2 is 2.00 bits per heavy atom. The summed E-state index contributed by atoms with van der Waals surface area (Å²) in [4.78, 5) is 16.2. The van der Waals surface area contributed by atoms with Gasteiger partial charge in [-0.15, -0.1) is 0 Å². The molecule has 0 radical (unpaired) electrons. The number of rotatable bonds is 1. The Morgan fingerprint density at radius 1 is 1.23 bits per heavy atom. The first kappa shape index (κ1) is 19.6. The lowest BCUT2D eigenvalue weighted by Crippen LogP contribution is -2.51. The SMILES string of the molecule is CC(=O)O[C@H]1CC[C@@]2(C)C(=CCC3C2CC[C@]2(C)c4nc(N)c(C#N)cc4CC32)C1. The predicted octanol–water partition coefficient (Wildman–Crippen LogP) is 4.44. The number of ether oxygens (including phenoxy) is 1. The normalized spacial score (nSPS) is 38.9. The van der Waals surface area contributed by atoms with Gasteiger partial charge in [0, 0.05) is 18.8 Å². The van der Waals surface area contributed by atoms with E-state index in [4.69, 9.17) is 15.5 Å². The number of hydrogen-bond acceptors (Lipinski definition) is 5. The van der Waals surface area contributed by atoms with Crippen LogP contribution in [0.3, 0.4) is 0 Å². The molecule has 158 valence electrons. The third-order valence-electron chi connectivity index (χ3n) is 9.01. The van der Waals surface area contributed by atoms with E-state index in [9.17, 15) is 10.1 Å². The van der Waals surface area contributed by atoms with Crippen molar-refractivity contribution in [2.45, 2.75) is 77.2 Å². The van der Waals surface area contributed by atoms with E-state index in [-0.39, 0.29) is 22.9 Å². The molecule has 2 saturated carbocycles. The largest absolute Gasteiger partial charge is 0.462 e. The molecule has 5 heteroatoms. The lowest BCUT2D eigenvalue weighted by Gasteiger charge is -2.57. The molecule has 2 fully saturated rings. The highest BCUT2D eigenvalue weighted by Crippen LogP contribution is 2.64. The fourth-order valence-electron chi connectivity index (χ4n) is 7.50. The number of anilines is 1. The molecular weight excluding hydrogens is 374 g/mol. The van der Waals surface area contributed by atoms with E-state index in [0.29, 0.717) is 29.1 Å². The zero-order valence-corrected chi connectivity index (χ0v) is 18.2. The van der Waals surface area contributed by atoms with Crippen molar-refractivity contribution < 1.29 is 9.53 Å². The van der Waals surface area contributed by atoms with Crippen molar-refractivity contribution in [3.05, 3.63) is 34.5 Å². The number of nitrogens with two attached hydrogens (primary N) is 1. The molecule has 5 nitrogen and oxygen atoms in total. The van der Waals surface area contributed by atoms with Crippen molar-refractivity contribution >= 4 is 11.8 Å². The lowest BCUT2D eigenvalue weighted by molar-refractivity contribution is -0.148. The molecule has 0 bridgehead atoms. The van der Waals surface area contributed by atoms with Crippen molar-refractivity contribution in [3.63, 3.8) is 0 Å². The summed E-state index contributed by atoms with van der Waals surface area (Å²) in [6.07, 6.45) is 9.88. The van der Waals surface area contributed by atoms with Crippen LogP contribution in [0.2, 0.25) is 0 Å². The number of carbonyl (C=O) groups excluding carboxylic acids is 1. The highest BCUT2D eigenvalue weighted by atomic mass is 16.5. The van der Waals surface area contributed by atoms with Crippen molar-refractivity contribution in [2.75, 3.05) is 5.73 Å². The van der Waals surface area contributed by atoms with E-state index in [1.165, 1.54) is 24.5 Å². The van der Waals surface area contributed by atoms with Crippen LogP contribution in [-0.2, 0) is 21.4 Å². The standard InChI is InChI=1S/C25H31N3O2/c1-14(29)30-18-6-8-24(2)17(12-18)4-5-19-20(24)7-9-25(3)21(19)11-15-10-16(13-26)23(27)28-22(15)25/h4,10,18-21H,5-9,11-12H2,1-3H3,(H2,27,28)/t18-,19?,20?,21?,24-,25-/m0/s1. The Labute approximate surface area is 178 Å². The molecule has 0 spiro atoms. The van der Waals surface area contributed by atoms with E-state index < -0.39 is 0 Å². The predicted molar refractivity (Wildman–Crippen MR) is 114 cm³/mol. The molecule has 6 atom stereocenters. The number of aromatic nitrogens is 1. The molecule has 4 aliphatic rings. The van der Waals surface area contributed by atoms with Gasteiger partial charge in [-0.05, 0) is 73.3 Å². The van der Waals surface area contributed by atoms with Crippen LogP contribution in [0.1, 0.15) is 76.1 Å². The highest BCUT2D eigenvalue weighted by Gasteiger charge is 2.58. The molecule has 0 amide bonds. The third-order valence-corrected chi connectivity index (χ3v) is 9.01. The van der Waals surface area contributed by atoms with Gasteiger partial charge in [-0.3, -0.25) is 4.79 Å². The van der Waals surface area contributed by atoms with Crippen LogP contribution < -0.4 is 5.73 Å². The van der Waals surface area contributed by atoms with Crippen LogP contribution in [0.5, 0.6) is 0 Å². The summed E-state index contributed by atoms with van der Waals surface area (Å²) in [6, 6.07) is 4.20. The van der Waals surface area contributed by atoms with Gasteiger partial charge in [-0.1, -0.05) is 25.5 Å². The van der Waals surface area contributed by atoms with Crippen molar-refractivity contribution in [3.8, 4) is 6.07 Å². The van der Waals surface area contributed by atoms with Crippen molar-refractivity contribution in [1.82, 2.24) is 4.98 Å². The third kappa shape index (κ3) is 2.65. The van der Waals surface area contributed by atoms with Crippen molar-refractivity contribution in [1.29, 1.82) is 5.26 Å². The van der Waals surface area contributed by atoms with Gasteiger partial charge in [-0.25, -0.2) is 4.98 Å². The maximum absolute atomic E-state index is 11.4. The van der Waals surface area contributed by atoms with Gasteiger partial charge in [0.2, 0.25) is 0 Å². The Morgan fingerprint density at radius 3 is 2.73 bits per heavy atom. The lowest BCUT2D eigenvalue weighted by atomic mass is 9.48. The summed E-state index contributed by atoms with van der Waals surface area (Å²) >= 11 is 0. The number of nitrogen functional groups attached to an aromatic ring is 1. The summed E-state index contributed by atoms with van der Waals surface area (Å²) in [5, 5.41) is 9.39. The summed E-state index contributed by atoms with van der Waals surface area (Å²) in [5.74, 6) is 2.05. The fraction of sp³-hybridized carbons (Fsp3) is 0.640. The maximum atomic E-state index is 11.4. The second kappa shape index (κ2) is 6.57. The first-order chi connectivity index (χ1) is 14.3. The average molecular weight is 406 g/mol. The average Bonchev–Trinajstić information content (AvgIpc) is 2.99. The summed E-state index contributed by atoms with van der Waals surface area (Å²) in [5.41, 5.74) is 10.7. The van der Waals surface area contributed by atoms with Crippen LogP contribution in [0, 0.1) is 34.5 Å². The zero-order chi connectivity index (χ0) is 21.3. The van der Waals surface area contributed by atoms with Gasteiger partial charge in [0.15, 0.2) is 0 Å². The number of nitrogens with zero attached hydrogens (tertiary/aromatic N) is 2. The minimum atomic E-state index is -0.168. The molecule has 30 heavy (non-hydrogen) atoms. The smallest absolute Gasteiger partial charge is 0.302 e. The number of hydrogen-bond donors (Lipinski definition) is 1. The number of fused-ring (bicyclic) bond motifs is 7. The van der Waals surface area contributed by atoms with E-state index in [1.54, 1.807) is 0 Å². The molecule has 3 unspecified atom stereocenters. The molecule has 1 aromatic rings. The first-order valence-electron chi connectivity index (χ1n) is 11.3. The quantitative estimate of drug-likeness (QED) is 0.551. The number of nitriles is 1. The molecule has 0 saturated heterocycles. The van der Waals surface area contributed by atoms with Crippen LogP contribution in [0.15, 0.2) is 17.7 Å². The summed E-state index contributed by atoms with van der Waals surface area (Å²) < 4.78 is 5.56. The van der Waals surface area contributed by atoms with Crippen molar-refractivity contribution in [2.24, 2.45) is 23.2 Å². The van der Waals surface area contributed by atoms with Crippen LogP contribution in [-0.4, -0.2) is 17.1 Å². The van der Waals surface area contributed by atoms with Gasteiger partial charge in [0.05, 0.1) is 11.3 Å². The number of allylic oxidation sites excluding steroid dienone is 1. The Hall–Kier alpha value is -2.35. The number of pyridine rings is 1. The van der Waals surface area contributed by atoms with Gasteiger partial charge >= 0.3 is 5.97 Å². The van der Waals surface area contributed by atoms with Gasteiger partial charge in [0.1, 0.15) is 18.0 Å².